The smallest absolute Gasteiger partial charge is 0.255 e. The summed E-state index contributed by atoms with van der Waals surface area (Å²) in [6, 6.07) is 9.13. The van der Waals surface area contributed by atoms with Gasteiger partial charge in [0.15, 0.2) is 0 Å². The number of nitrogens with one attached hydrogen (secondary N) is 2. The number of carbonyl (C=O) groups excluding carboxylic acids is 3. The Hall–Kier alpha value is -4.21. The summed E-state index contributed by atoms with van der Waals surface area (Å²) in [6.45, 7) is 7.11. The van der Waals surface area contributed by atoms with Gasteiger partial charge in [-0.05, 0) is 56.0 Å². The molecule has 2 aromatic rings. The van der Waals surface area contributed by atoms with Gasteiger partial charge in [0.25, 0.3) is 5.91 Å². The first-order chi connectivity index (χ1) is 18.9. The van der Waals surface area contributed by atoms with Crippen LogP contribution in [-0.4, -0.2) is 66.2 Å². The van der Waals surface area contributed by atoms with Crippen LogP contribution in [0.25, 0.3) is 6.08 Å². The summed E-state index contributed by atoms with van der Waals surface area (Å²) in [4.78, 5) is 49.9. The molecule has 10 nitrogen and oxygen atoms in total. The number of piperidine rings is 1. The Kier molecular flexibility index (Phi) is 9.30. The van der Waals surface area contributed by atoms with E-state index in [1.165, 1.54) is 0 Å². The van der Waals surface area contributed by atoms with E-state index in [2.05, 4.69) is 39.4 Å². The number of benzene rings is 1. The van der Waals surface area contributed by atoms with Crippen LogP contribution in [0.5, 0.6) is 0 Å². The SMILES string of the molecule is CCCN(CCC)C(=O)C1=Cc2ccc(C(=O)Nc3ccc(N4CCC(NC=O)CC4)nc3)cc2N=C(N)C1. The van der Waals surface area contributed by atoms with Crippen molar-refractivity contribution in [3.05, 3.63) is 53.2 Å². The summed E-state index contributed by atoms with van der Waals surface area (Å²) in [5.41, 5.74) is 9.10. The Bertz CT molecular complexity index is 1240. The number of fused-ring (bicyclic) bond motifs is 1. The number of rotatable bonds is 10. The molecule has 10 heteroatoms. The minimum atomic E-state index is -0.288. The highest BCUT2D eigenvalue weighted by Gasteiger charge is 2.22. The second kappa shape index (κ2) is 13.0. The molecule has 1 saturated heterocycles. The third kappa shape index (κ3) is 7.01. The number of amidine groups is 1. The number of hydrogen-bond acceptors (Lipinski definition) is 7. The number of aromatic nitrogens is 1. The highest BCUT2D eigenvalue weighted by Crippen LogP contribution is 2.29. The van der Waals surface area contributed by atoms with Crippen molar-refractivity contribution in [3.63, 3.8) is 0 Å². The number of anilines is 2. The van der Waals surface area contributed by atoms with E-state index in [-0.39, 0.29) is 24.3 Å². The highest BCUT2D eigenvalue weighted by atomic mass is 16.2. The first kappa shape index (κ1) is 27.8. The number of aliphatic imine (C=N–C) groups is 1. The number of carbonyl (C=O) groups is 3. The van der Waals surface area contributed by atoms with Crippen LogP contribution in [0.4, 0.5) is 17.2 Å². The lowest BCUT2D eigenvalue weighted by Gasteiger charge is -2.32. The molecular weight excluding hydrogens is 494 g/mol. The third-order valence-corrected chi connectivity index (χ3v) is 6.94. The van der Waals surface area contributed by atoms with Gasteiger partial charge in [-0.25, -0.2) is 9.98 Å². The van der Waals surface area contributed by atoms with Crippen molar-refractivity contribution < 1.29 is 14.4 Å². The summed E-state index contributed by atoms with van der Waals surface area (Å²) in [5.74, 6) is 0.860. The van der Waals surface area contributed by atoms with E-state index in [0.717, 1.165) is 56.6 Å². The van der Waals surface area contributed by atoms with E-state index >= 15 is 0 Å². The van der Waals surface area contributed by atoms with Crippen LogP contribution >= 0.6 is 0 Å². The zero-order valence-corrected chi connectivity index (χ0v) is 22.7. The summed E-state index contributed by atoms with van der Waals surface area (Å²) in [6.07, 6.45) is 8.00. The normalized spacial score (nSPS) is 15.4. The maximum Gasteiger partial charge on any atom is 0.255 e. The van der Waals surface area contributed by atoms with Gasteiger partial charge in [0.05, 0.1) is 17.6 Å². The van der Waals surface area contributed by atoms with Gasteiger partial charge < -0.3 is 26.2 Å². The van der Waals surface area contributed by atoms with Crippen LogP contribution < -0.4 is 21.3 Å². The number of nitrogens with zero attached hydrogens (tertiary/aromatic N) is 4. The first-order valence-corrected chi connectivity index (χ1v) is 13.6. The van der Waals surface area contributed by atoms with E-state index in [1.807, 2.05) is 23.1 Å². The average molecular weight is 532 g/mol. The Morgan fingerprint density at radius 1 is 1.13 bits per heavy atom. The number of nitrogens with two attached hydrogens (primary N) is 1. The number of amides is 3. The fourth-order valence-electron chi connectivity index (χ4n) is 4.95. The molecule has 0 unspecified atom stereocenters. The molecule has 3 heterocycles. The largest absolute Gasteiger partial charge is 0.387 e. The van der Waals surface area contributed by atoms with Gasteiger partial charge in [-0.15, -0.1) is 0 Å². The number of hydrogen-bond donors (Lipinski definition) is 3. The zero-order chi connectivity index (χ0) is 27.8. The number of pyridine rings is 1. The van der Waals surface area contributed by atoms with Crippen LogP contribution in [0, 0.1) is 0 Å². The Morgan fingerprint density at radius 2 is 1.87 bits per heavy atom. The van der Waals surface area contributed by atoms with Crippen LogP contribution in [0.1, 0.15) is 61.9 Å². The van der Waals surface area contributed by atoms with Crippen molar-refractivity contribution >= 4 is 47.3 Å². The van der Waals surface area contributed by atoms with Gasteiger partial charge >= 0.3 is 0 Å². The van der Waals surface area contributed by atoms with Gasteiger partial charge in [-0.1, -0.05) is 19.9 Å². The molecule has 2 aliphatic rings. The first-order valence-electron chi connectivity index (χ1n) is 13.6. The fraction of sp³-hybridized carbons (Fsp3) is 0.414. The molecule has 1 fully saturated rings. The van der Waals surface area contributed by atoms with E-state index in [4.69, 9.17) is 5.73 Å². The molecule has 0 spiro atoms. The zero-order valence-electron chi connectivity index (χ0n) is 22.7. The average Bonchev–Trinajstić information content (AvgIpc) is 3.11. The molecule has 1 aromatic heterocycles. The lowest BCUT2D eigenvalue weighted by atomic mass is 10.0. The molecule has 2 aliphatic heterocycles. The van der Waals surface area contributed by atoms with Crippen LogP contribution in [0.3, 0.4) is 0 Å². The predicted octanol–water partition coefficient (Wildman–Crippen LogP) is 3.47. The predicted molar refractivity (Wildman–Crippen MR) is 154 cm³/mol. The summed E-state index contributed by atoms with van der Waals surface area (Å²) >= 11 is 0. The quantitative estimate of drug-likeness (QED) is 0.402. The molecule has 0 radical (unpaired) electrons. The van der Waals surface area contributed by atoms with Crippen molar-refractivity contribution in [1.82, 2.24) is 15.2 Å². The van der Waals surface area contributed by atoms with E-state index < -0.39 is 0 Å². The van der Waals surface area contributed by atoms with Gasteiger partial charge in [-0.2, -0.15) is 0 Å². The van der Waals surface area contributed by atoms with Gasteiger partial charge in [0.1, 0.15) is 11.7 Å². The maximum absolute atomic E-state index is 13.2. The molecule has 39 heavy (non-hydrogen) atoms. The molecule has 0 bridgehead atoms. The maximum atomic E-state index is 13.2. The van der Waals surface area contributed by atoms with E-state index in [0.29, 0.717) is 41.4 Å². The second-order valence-electron chi connectivity index (χ2n) is 9.92. The molecule has 0 atom stereocenters. The molecule has 1 aromatic carbocycles. The van der Waals surface area contributed by atoms with E-state index in [1.54, 1.807) is 24.4 Å². The van der Waals surface area contributed by atoms with Gasteiger partial charge in [0.2, 0.25) is 12.3 Å². The van der Waals surface area contributed by atoms with Crippen LogP contribution in [-0.2, 0) is 9.59 Å². The summed E-state index contributed by atoms with van der Waals surface area (Å²) in [7, 11) is 0. The van der Waals surface area contributed by atoms with Crippen molar-refractivity contribution in [2.45, 2.75) is 52.0 Å². The molecule has 0 aliphatic carbocycles. The topological polar surface area (TPSA) is 133 Å². The molecule has 206 valence electrons. The van der Waals surface area contributed by atoms with Crippen LogP contribution in [0.2, 0.25) is 0 Å². The highest BCUT2D eigenvalue weighted by molar-refractivity contribution is 6.07. The molecular formula is C29H37N7O3. The lowest BCUT2D eigenvalue weighted by Crippen LogP contribution is -2.42. The third-order valence-electron chi connectivity index (χ3n) is 6.94. The van der Waals surface area contributed by atoms with Gasteiger partial charge in [0, 0.05) is 55.3 Å². The van der Waals surface area contributed by atoms with Crippen molar-refractivity contribution in [3.8, 4) is 0 Å². The molecule has 3 amide bonds. The van der Waals surface area contributed by atoms with Gasteiger partial charge in [-0.3, -0.25) is 14.4 Å². The van der Waals surface area contributed by atoms with E-state index in [9.17, 15) is 14.4 Å². The standard InChI is InChI=1S/C29H37N7O3/c1-3-11-36(12-4-2)29(39)22-15-20-5-6-21(16-25(20)34-26(30)17-22)28(38)33-24-7-8-27(31-18-24)35-13-9-23(10-14-35)32-19-37/h5-8,15-16,18-19,23H,3-4,9-14,17H2,1-2H3,(H2,30,34)(H,32,37)(H,33,38). The Labute approximate surface area is 229 Å². The lowest BCUT2D eigenvalue weighted by molar-refractivity contribution is -0.127. The molecule has 4 N–H and O–H groups in total. The molecule has 4 rings (SSSR count). The minimum Gasteiger partial charge on any atom is -0.387 e. The van der Waals surface area contributed by atoms with Crippen molar-refractivity contribution in [2.24, 2.45) is 10.7 Å². The molecule has 0 saturated carbocycles. The fourth-order valence-corrected chi connectivity index (χ4v) is 4.95. The Morgan fingerprint density at radius 3 is 2.51 bits per heavy atom. The van der Waals surface area contributed by atoms with Crippen LogP contribution in [0.15, 0.2) is 47.1 Å². The minimum absolute atomic E-state index is 0.0236. The Balaban J connectivity index is 1.44. The second-order valence-corrected chi connectivity index (χ2v) is 9.92. The summed E-state index contributed by atoms with van der Waals surface area (Å²) < 4.78 is 0. The van der Waals surface area contributed by atoms with Crippen molar-refractivity contribution in [2.75, 3.05) is 36.4 Å². The van der Waals surface area contributed by atoms with Crippen molar-refractivity contribution in [1.29, 1.82) is 0 Å². The monoisotopic (exact) mass is 531 g/mol. The summed E-state index contributed by atoms with van der Waals surface area (Å²) in [5, 5.41) is 5.73.